The molecule has 1 aromatic heterocycles. The number of carbonyl (C=O) groups excluding carboxylic acids is 1. The van der Waals surface area contributed by atoms with Gasteiger partial charge in [0.15, 0.2) is 5.69 Å². The van der Waals surface area contributed by atoms with Gasteiger partial charge in [-0.1, -0.05) is 41.4 Å². The Balaban J connectivity index is 1.75. The zero-order valence-electron chi connectivity index (χ0n) is 16.0. The molecule has 0 saturated heterocycles. The number of carbonyl (C=O) groups is 1. The van der Waals surface area contributed by atoms with E-state index in [1.54, 1.807) is 26.4 Å². The van der Waals surface area contributed by atoms with E-state index in [4.69, 9.17) is 21.1 Å². The molecule has 0 N–H and O–H groups in total. The van der Waals surface area contributed by atoms with Crippen molar-refractivity contribution in [2.75, 3.05) is 7.11 Å². The third kappa shape index (κ3) is 4.81. The number of ketones is 1. The number of ether oxygens (including phenoxy) is 2. The molecule has 0 aliphatic heterocycles. The number of rotatable bonds is 7. The monoisotopic (exact) mass is 396 g/mol. The molecule has 5 nitrogen and oxygen atoms in total. The number of benzene rings is 2. The number of aromatic nitrogens is 2. The van der Waals surface area contributed by atoms with E-state index in [2.05, 4.69) is 5.10 Å². The Morgan fingerprint density at radius 1 is 1.21 bits per heavy atom. The van der Waals surface area contributed by atoms with Crippen LogP contribution in [0.5, 0.6) is 11.5 Å². The first-order valence-electron chi connectivity index (χ1n) is 8.74. The van der Waals surface area contributed by atoms with Gasteiger partial charge in [0.25, 0.3) is 0 Å². The van der Waals surface area contributed by atoms with Crippen molar-refractivity contribution < 1.29 is 14.3 Å². The molecule has 144 valence electrons. The van der Waals surface area contributed by atoms with Crippen LogP contribution in [-0.2, 0) is 13.7 Å². The summed E-state index contributed by atoms with van der Waals surface area (Å²) in [4.78, 5) is 12.3. The van der Waals surface area contributed by atoms with Gasteiger partial charge in [0, 0.05) is 18.8 Å². The van der Waals surface area contributed by atoms with E-state index in [1.165, 1.54) is 16.3 Å². The lowest BCUT2D eigenvalue weighted by Crippen LogP contribution is -2.00. The second kappa shape index (κ2) is 8.76. The van der Waals surface area contributed by atoms with Crippen molar-refractivity contribution in [3.8, 4) is 11.5 Å². The highest BCUT2D eigenvalue weighted by Gasteiger charge is 2.12. The Hall–Kier alpha value is -3.05. The summed E-state index contributed by atoms with van der Waals surface area (Å²) >= 11 is 6.02. The number of nitrogens with zero attached hydrogens (tertiary/aromatic N) is 2. The maximum absolute atomic E-state index is 12.3. The summed E-state index contributed by atoms with van der Waals surface area (Å²) in [5.41, 5.74) is 3.14. The Morgan fingerprint density at radius 3 is 2.61 bits per heavy atom. The Bertz CT molecular complexity index is 1010. The summed E-state index contributed by atoms with van der Waals surface area (Å²) in [5, 5.41) is 4.41. The molecule has 3 aromatic rings. The molecular formula is C22H21ClN2O3. The second-order valence-electron chi connectivity index (χ2n) is 6.37. The highest BCUT2D eigenvalue weighted by Crippen LogP contribution is 2.23. The Morgan fingerprint density at radius 2 is 1.96 bits per heavy atom. The fraction of sp³-hybridized carbons (Fsp3) is 0.182. The predicted octanol–water partition coefficient (Wildman–Crippen LogP) is 4.87. The van der Waals surface area contributed by atoms with E-state index in [-0.39, 0.29) is 11.5 Å². The smallest absolute Gasteiger partial charge is 0.207 e. The van der Waals surface area contributed by atoms with Gasteiger partial charge in [-0.2, -0.15) is 5.10 Å². The molecule has 0 bridgehead atoms. The van der Waals surface area contributed by atoms with Crippen LogP contribution in [0.15, 0.2) is 54.7 Å². The first kappa shape index (κ1) is 19.7. The van der Waals surface area contributed by atoms with Crippen LogP contribution in [0.4, 0.5) is 0 Å². The van der Waals surface area contributed by atoms with Crippen LogP contribution in [0.2, 0.25) is 5.02 Å². The molecule has 0 aliphatic rings. The minimum absolute atomic E-state index is 0.233. The largest absolute Gasteiger partial charge is 0.496 e. The van der Waals surface area contributed by atoms with Crippen LogP contribution >= 0.6 is 11.6 Å². The van der Waals surface area contributed by atoms with Crippen LogP contribution in [0.3, 0.4) is 0 Å². The standard InChI is InChI=1S/C22H21ClN2O3/c1-15-4-8-18(9-5-15)28-14-17-12-16(7-11-21(17)27-3)6-10-20(26)22-19(23)13-25(2)24-22/h4-13H,14H2,1-3H3/b10-6+. The lowest BCUT2D eigenvalue weighted by atomic mass is 10.1. The fourth-order valence-electron chi connectivity index (χ4n) is 2.69. The molecule has 28 heavy (non-hydrogen) atoms. The summed E-state index contributed by atoms with van der Waals surface area (Å²) in [5.74, 6) is 1.26. The van der Waals surface area contributed by atoms with E-state index in [9.17, 15) is 4.79 Å². The topological polar surface area (TPSA) is 53.3 Å². The van der Waals surface area contributed by atoms with E-state index in [0.717, 1.165) is 22.6 Å². The highest BCUT2D eigenvalue weighted by molar-refractivity contribution is 6.34. The molecule has 0 fully saturated rings. The Kier molecular flexibility index (Phi) is 6.16. The average Bonchev–Trinajstić information content (AvgIpc) is 3.04. The van der Waals surface area contributed by atoms with Crippen molar-refractivity contribution in [3.05, 3.63) is 82.1 Å². The van der Waals surface area contributed by atoms with Crippen LogP contribution in [0.25, 0.3) is 6.08 Å². The van der Waals surface area contributed by atoms with Crippen molar-refractivity contribution in [2.24, 2.45) is 7.05 Å². The number of halogens is 1. The molecule has 1 heterocycles. The lowest BCUT2D eigenvalue weighted by molar-refractivity contribution is 0.104. The highest BCUT2D eigenvalue weighted by atomic mass is 35.5. The van der Waals surface area contributed by atoms with Gasteiger partial charge in [0.1, 0.15) is 18.1 Å². The van der Waals surface area contributed by atoms with E-state index in [1.807, 2.05) is 49.4 Å². The number of hydrogen-bond acceptors (Lipinski definition) is 4. The minimum atomic E-state index is -0.251. The molecule has 0 amide bonds. The number of aryl methyl sites for hydroxylation is 2. The van der Waals surface area contributed by atoms with Crippen molar-refractivity contribution in [1.29, 1.82) is 0 Å². The van der Waals surface area contributed by atoms with Crippen LogP contribution in [0, 0.1) is 6.92 Å². The van der Waals surface area contributed by atoms with E-state index < -0.39 is 0 Å². The SMILES string of the molecule is COc1ccc(/C=C/C(=O)c2nn(C)cc2Cl)cc1COc1ccc(C)cc1. The van der Waals surface area contributed by atoms with E-state index in [0.29, 0.717) is 11.6 Å². The maximum Gasteiger partial charge on any atom is 0.207 e. The zero-order valence-corrected chi connectivity index (χ0v) is 16.7. The van der Waals surface area contributed by atoms with Crippen molar-refractivity contribution in [1.82, 2.24) is 9.78 Å². The van der Waals surface area contributed by atoms with Crippen molar-refractivity contribution in [3.63, 3.8) is 0 Å². The predicted molar refractivity (Wildman–Crippen MR) is 110 cm³/mol. The molecule has 0 unspecified atom stereocenters. The van der Waals surface area contributed by atoms with Gasteiger partial charge in [-0.15, -0.1) is 0 Å². The summed E-state index contributed by atoms with van der Waals surface area (Å²) in [6.45, 7) is 2.38. The summed E-state index contributed by atoms with van der Waals surface area (Å²) in [7, 11) is 3.34. The molecule has 0 atom stereocenters. The van der Waals surface area contributed by atoms with E-state index >= 15 is 0 Å². The molecule has 0 radical (unpaired) electrons. The fourth-order valence-corrected chi connectivity index (χ4v) is 2.96. The van der Waals surface area contributed by atoms with Crippen LogP contribution in [0.1, 0.15) is 27.2 Å². The molecule has 3 rings (SSSR count). The Labute approximate surface area is 169 Å². The van der Waals surface area contributed by atoms with Gasteiger partial charge in [-0.25, -0.2) is 0 Å². The number of allylic oxidation sites excluding steroid dienone is 1. The summed E-state index contributed by atoms with van der Waals surface area (Å²) in [6.07, 6.45) is 4.78. The normalized spacial score (nSPS) is 11.0. The third-order valence-electron chi connectivity index (χ3n) is 4.16. The third-order valence-corrected chi connectivity index (χ3v) is 4.44. The molecule has 0 spiro atoms. The average molecular weight is 397 g/mol. The maximum atomic E-state index is 12.3. The van der Waals surface area contributed by atoms with Gasteiger partial charge in [0.2, 0.25) is 5.78 Å². The first-order chi connectivity index (χ1) is 13.5. The molecule has 2 aromatic carbocycles. The molecule has 0 saturated carbocycles. The van der Waals surface area contributed by atoms with Gasteiger partial charge in [-0.3, -0.25) is 9.48 Å². The van der Waals surface area contributed by atoms with Crippen LogP contribution < -0.4 is 9.47 Å². The molecule has 0 aliphatic carbocycles. The summed E-state index contributed by atoms with van der Waals surface area (Å²) < 4.78 is 12.8. The van der Waals surface area contributed by atoms with Crippen LogP contribution in [-0.4, -0.2) is 22.7 Å². The quantitative estimate of drug-likeness (QED) is 0.422. The molecular weight excluding hydrogens is 376 g/mol. The number of methoxy groups -OCH3 is 1. The van der Waals surface area contributed by atoms with Gasteiger partial charge < -0.3 is 9.47 Å². The van der Waals surface area contributed by atoms with Crippen molar-refractivity contribution >= 4 is 23.5 Å². The van der Waals surface area contributed by atoms with Gasteiger partial charge in [-0.05, 0) is 42.8 Å². The number of hydrogen-bond donors (Lipinski definition) is 0. The van der Waals surface area contributed by atoms with Gasteiger partial charge in [0.05, 0.1) is 12.1 Å². The minimum Gasteiger partial charge on any atom is -0.496 e. The zero-order chi connectivity index (χ0) is 20.1. The van der Waals surface area contributed by atoms with Gasteiger partial charge >= 0.3 is 0 Å². The summed E-state index contributed by atoms with van der Waals surface area (Å²) in [6, 6.07) is 13.5. The first-order valence-corrected chi connectivity index (χ1v) is 9.12. The lowest BCUT2D eigenvalue weighted by Gasteiger charge is -2.11. The van der Waals surface area contributed by atoms with Crippen molar-refractivity contribution in [2.45, 2.75) is 13.5 Å². The second-order valence-corrected chi connectivity index (χ2v) is 6.78. The molecule has 6 heteroatoms.